The molecular formula is C13H7ClF3N5O. The first-order valence-corrected chi connectivity index (χ1v) is 6.58. The van der Waals surface area contributed by atoms with Gasteiger partial charge in [-0.05, 0) is 24.3 Å². The summed E-state index contributed by atoms with van der Waals surface area (Å²) in [7, 11) is 0. The maximum atomic E-state index is 12.8. The molecule has 0 aliphatic heterocycles. The van der Waals surface area contributed by atoms with E-state index in [1.807, 2.05) is 0 Å². The Morgan fingerprint density at radius 2 is 2.09 bits per heavy atom. The van der Waals surface area contributed by atoms with Crippen molar-refractivity contribution in [2.45, 2.75) is 6.18 Å². The van der Waals surface area contributed by atoms with Gasteiger partial charge in [0.15, 0.2) is 0 Å². The predicted octanol–water partition coefficient (Wildman–Crippen LogP) is 3.05. The molecule has 0 unspecified atom stereocenters. The van der Waals surface area contributed by atoms with Gasteiger partial charge in [0, 0.05) is 18.1 Å². The van der Waals surface area contributed by atoms with E-state index in [0.717, 1.165) is 12.1 Å². The molecule has 23 heavy (non-hydrogen) atoms. The van der Waals surface area contributed by atoms with Crippen LogP contribution < -0.4 is 5.32 Å². The Bertz CT molecular complexity index is 860. The molecule has 10 heteroatoms. The fraction of sp³-hybridized carbons (Fsp3) is 0.0769. The summed E-state index contributed by atoms with van der Waals surface area (Å²) in [6.07, 6.45) is -1.61. The quantitative estimate of drug-likeness (QED) is 0.777. The van der Waals surface area contributed by atoms with Crippen molar-refractivity contribution in [2.24, 2.45) is 0 Å². The van der Waals surface area contributed by atoms with E-state index in [-0.39, 0.29) is 17.3 Å². The summed E-state index contributed by atoms with van der Waals surface area (Å²) in [4.78, 5) is 19.8. The molecule has 1 amide bonds. The molecule has 0 bridgehead atoms. The van der Waals surface area contributed by atoms with E-state index in [9.17, 15) is 18.0 Å². The fourth-order valence-corrected chi connectivity index (χ4v) is 2.06. The van der Waals surface area contributed by atoms with Crippen LogP contribution in [0.15, 0.2) is 36.7 Å². The van der Waals surface area contributed by atoms with E-state index in [0.29, 0.717) is 0 Å². The highest BCUT2D eigenvalue weighted by molar-refractivity contribution is 6.31. The molecule has 0 radical (unpaired) electrons. The number of halogens is 4. The van der Waals surface area contributed by atoms with Gasteiger partial charge in [-0.2, -0.15) is 18.2 Å². The van der Waals surface area contributed by atoms with Crippen LogP contribution in [0.1, 0.15) is 16.2 Å². The number of carbonyl (C=O) groups excluding carboxylic acids is 1. The summed E-state index contributed by atoms with van der Waals surface area (Å²) in [5.74, 6) is -0.775. The number of benzene rings is 1. The zero-order chi connectivity index (χ0) is 16.6. The van der Waals surface area contributed by atoms with Crippen molar-refractivity contribution in [3.8, 4) is 0 Å². The first-order chi connectivity index (χ1) is 10.8. The van der Waals surface area contributed by atoms with Gasteiger partial charge in [-0.25, -0.2) is 9.50 Å². The van der Waals surface area contributed by atoms with Crippen LogP contribution in [0.2, 0.25) is 5.02 Å². The van der Waals surface area contributed by atoms with E-state index >= 15 is 0 Å². The smallest absolute Gasteiger partial charge is 0.319 e. The minimum absolute atomic E-state index is 0.0708. The van der Waals surface area contributed by atoms with Crippen molar-refractivity contribution in [3.05, 3.63) is 53.1 Å². The number of alkyl halides is 3. The number of nitrogens with zero attached hydrogens (tertiary/aromatic N) is 4. The lowest BCUT2D eigenvalue weighted by Gasteiger charge is -2.11. The second-order valence-corrected chi connectivity index (χ2v) is 4.85. The van der Waals surface area contributed by atoms with Gasteiger partial charge in [0.25, 0.3) is 11.7 Å². The largest absolute Gasteiger partial charge is 0.417 e. The first-order valence-electron chi connectivity index (χ1n) is 6.20. The monoisotopic (exact) mass is 341 g/mol. The van der Waals surface area contributed by atoms with Crippen molar-refractivity contribution in [2.75, 3.05) is 5.32 Å². The number of hydrogen-bond acceptors (Lipinski definition) is 4. The van der Waals surface area contributed by atoms with Gasteiger partial charge >= 0.3 is 6.18 Å². The highest BCUT2D eigenvalue weighted by Crippen LogP contribution is 2.36. The minimum Gasteiger partial charge on any atom is -0.319 e. The third kappa shape index (κ3) is 3.09. The standard InChI is InChI=1S/C13H7ClF3N5O/c14-9-3-2-7(6-8(9)13(15,16)17)19-11(23)10-20-12-18-4-1-5-22(12)21-10/h1-6H,(H,19,23). The molecule has 0 fully saturated rings. The molecule has 2 aromatic heterocycles. The molecule has 0 saturated heterocycles. The van der Waals surface area contributed by atoms with Crippen LogP contribution in [0, 0.1) is 0 Å². The Morgan fingerprint density at radius 1 is 1.30 bits per heavy atom. The molecule has 0 aliphatic rings. The minimum atomic E-state index is -4.62. The van der Waals surface area contributed by atoms with E-state index in [1.54, 1.807) is 6.07 Å². The van der Waals surface area contributed by atoms with Crippen molar-refractivity contribution < 1.29 is 18.0 Å². The average Bonchev–Trinajstić information content (AvgIpc) is 2.92. The van der Waals surface area contributed by atoms with Gasteiger partial charge in [0.1, 0.15) is 0 Å². The van der Waals surface area contributed by atoms with Crippen LogP contribution in [-0.4, -0.2) is 25.5 Å². The summed E-state index contributed by atoms with van der Waals surface area (Å²) in [6.45, 7) is 0. The lowest BCUT2D eigenvalue weighted by molar-refractivity contribution is -0.137. The Hall–Kier alpha value is -2.68. The molecular weight excluding hydrogens is 335 g/mol. The second-order valence-electron chi connectivity index (χ2n) is 4.45. The van der Waals surface area contributed by atoms with Crippen LogP contribution in [-0.2, 0) is 6.18 Å². The fourth-order valence-electron chi connectivity index (χ4n) is 1.84. The maximum Gasteiger partial charge on any atom is 0.417 e. The van der Waals surface area contributed by atoms with Gasteiger partial charge in [-0.1, -0.05) is 11.6 Å². The highest BCUT2D eigenvalue weighted by Gasteiger charge is 2.33. The van der Waals surface area contributed by atoms with Gasteiger partial charge in [-0.3, -0.25) is 4.79 Å². The van der Waals surface area contributed by atoms with Crippen molar-refractivity contribution in [3.63, 3.8) is 0 Å². The van der Waals surface area contributed by atoms with Gasteiger partial charge in [0.05, 0.1) is 10.6 Å². The number of aromatic nitrogens is 4. The molecule has 0 spiro atoms. The molecule has 1 aromatic carbocycles. The SMILES string of the molecule is O=C(Nc1ccc(Cl)c(C(F)(F)F)c1)c1nc2ncccn2n1. The van der Waals surface area contributed by atoms with Gasteiger partial charge in [-0.15, -0.1) is 5.10 Å². The van der Waals surface area contributed by atoms with E-state index in [2.05, 4.69) is 20.4 Å². The summed E-state index contributed by atoms with van der Waals surface area (Å²) in [5.41, 5.74) is -1.11. The number of hydrogen-bond donors (Lipinski definition) is 1. The molecule has 3 rings (SSSR count). The van der Waals surface area contributed by atoms with Gasteiger partial charge < -0.3 is 5.32 Å². The van der Waals surface area contributed by atoms with E-state index in [1.165, 1.54) is 23.0 Å². The van der Waals surface area contributed by atoms with E-state index in [4.69, 9.17) is 11.6 Å². The number of rotatable bonds is 2. The Morgan fingerprint density at radius 3 is 2.78 bits per heavy atom. The van der Waals surface area contributed by atoms with Crippen LogP contribution in [0.3, 0.4) is 0 Å². The number of nitrogens with one attached hydrogen (secondary N) is 1. The number of amides is 1. The molecule has 0 aliphatic carbocycles. The van der Waals surface area contributed by atoms with E-state index < -0.39 is 22.7 Å². The summed E-state index contributed by atoms with van der Waals surface area (Å²) in [6, 6.07) is 4.65. The summed E-state index contributed by atoms with van der Waals surface area (Å²) >= 11 is 5.52. The molecule has 2 heterocycles. The first kappa shape index (κ1) is 15.2. The summed E-state index contributed by atoms with van der Waals surface area (Å²) < 4.78 is 39.7. The Kier molecular flexibility index (Phi) is 3.64. The Balaban J connectivity index is 1.88. The van der Waals surface area contributed by atoms with Crippen molar-refractivity contribution in [1.29, 1.82) is 0 Å². The average molecular weight is 342 g/mol. The van der Waals surface area contributed by atoms with Gasteiger partial charge in [0.2, 0.25) is 5.82 Å². The zero-order valence-corrected chi connectivity index (χ0v) is 11.9. The highest BCUT2D eigenvalue weighted by atomic mass is 35.5. The predicted molar refractivity (Wildman–Crippen MR) is 75.2 cm³/mol. The van der Waals surface area contributed by atoms with Crippen LogP contribution in [0.5, 0.6) is 0 Å². The lowest BCUT2D eigenvalue weighted by atomic mass is 10.2. The van der Waals surface area contributed by atoms with Crippen LogP contribution >= 0.6 is 11.6 Å². The van der Waals surface area contributed by atoms with Crippen LogP contribution in [0.25, 0.3) is 5.78 Å². The zero-order valence-electron chi connectivity index (χ0n) is 11.2. The molecule has 6 nitrogen and oxygen atoms in total. The molecule has 0 saturated carbocycles. The lowest BCUT2D eigenvalue weighted by Crippen LogP contribution is -2.15. The van der Waals surface area contributed by atoms with Crippen LogP contribution in [0.4, 0.5) is 18.9 Å². The number of carbonyl (C=O) groups is 1. The Labute approximate surface area is 131 Å². The number of anilines is 1. The molecule has 1 N–H and O–H groups in total. The van der Waals surface area contributed by atoms with Crippen molar-refractivity contribution >= 4 is 29.0 Å². The third-order valence-electron chi connectivity index (χ3n) is 2.85. The third-order valence-corrected chi connectivity index (χ3v) is 3.18. The normalized spacial score (nSPS) is 11.7. The second kappa shape index (κ2) is 5.51. The molecule has 118 valence electrons. The topological polar surface area (TPSA) is 72.2 Å². The molecule has 3 aromatic rings. The molecule has 0 atom stereocenters. The maximum absolute atomic E-state index is 12.8. The summed E-state index contributed by atoms with van der Waals surface area (Å²) in [5, 5.41) is 5.72. The number of fused-ring (bicyclic) bond motifs is 1. The van der Waals surface area contributed by atoms with Crippen molar-refractivity contribution in [1.82, 2.24) is 19.6 Å².